The first-order valence-electron chi connectivity index (χ1n) is 4.67. The molecule has 1 aliphatic rings. The molecule has 1 saturated heterocycles. The molecule has 0 unspecified atom stereocenters. The van der Waals surface area contributed by atoms with Crippen molar-refractivity contribution in [2.45, 2.75) is 19.3 Å². The van der Waals surface area contributed by atoms with E-state index in [1.165, 1.54) is 19.3 Å². The third-order valence-corrected chi connectivity index (χ3v) is 2.20. The van der Waals surface area contributed by atoms with Gasteiger partial charge in [-0.05, 0) is 33.4 Å². The van der Waals surface area contributed by atoms with Crippen LogP contribution in [0.1, 0.15) is 19.3 Å². The Labute approximate surface area is 74.9 Å². The highest BCUT2D eigenvalue weighted by Crippen LogP contribution is 2.08. The number of amidine groups is 1. The highest BCUT2D eigenvalue weighted by atomic mass is 15.2. The Kier molecular flexibility index (Phi) is 3.53. The molecule has 1 N–H and O–H groups in total. The summed E-state index contributed by atoms with van der Waals surface area (Å²) in [6.45, 7) is 2.96. The lowest BCUT2D eigenvalue weighted by Crippen LogP contribution is -2.40. The van der Waals surface area contributed by atoms with E-state index in [1.54, 1.807) is 0 Å². The summed E-state index contributed by atoms with van der Waals surface area (Å²) >= 11 is 0. The number of hydrogen-bond acceptors (Lipinski definition) is 2. The van der Waals surface area contributed by atoms with Crippen molar-refractivity contribution >= 4 is 5.84 Å². The van der Waals surface area contributed by atoms with E-state index in [4.69, 9.17) is 5.41 Å². The van der Waals surface area contributed by atoms with Gasteiger partial charge in [-0.3, -0.25) is 5.41 Å². The smallest absolute Gasteiger partial charge is 0.110 e. The summed E-state index contributed by atoms with van der Waals surface area (Å²) < 4.78 is 0. The van der Waals surface area contributed by atoms with Crippen molar-refractivity contribution in [3.05, 3.63) is 0 Å². The summed E-state index contributed by atoms with van der Waals surface area (Å²) in [5.41, 5.74) is 0. The van der Waals surface area contributed by atoms with Gasteiger partial charge in [0, 0.05) is 13.1 Å². The lowest BCUT2D eigenvalue weighted by atomic mass is 10.1. The normalized spacial score (nSPS) is 18.4. The molecule has 0 saturated carbocycles. The molecule has 1 aliphatic heterocycles. The van der Waals surface area contributed by atoms with Crippen molar-refractivity contribution in [3.8, 4) is 0 Å². The molecule has 1 heterocycles. The molecule has 70 valence electrons. The first-order valence-corrected chi connectivity index (χ1v) is 4.67. The largest absolute Gasteiger partial charge is 0.359 e. The van der Waals surface area contributed by atoms with E-state index >= 15 is 0 Å². The molecule has 3 heteroatoms. The average molecular weight is 169 g/mol. The predicted molar refractivity (Wildman–Crippen MR) is 51.7 cm³/mol. The summed E-state index contributed by atoms with van der Waals surface area (Å²) in [6, 6.07) is 0. The molecule has 0 aromatic carbocycles. The van der Waals surface area contributed by atoms with Crippen molar-refractivity contribution in [2.24, 2.45) is 0 Å². The number of likely N-dealkylation sites (tertiary alicyclic amines) is 1. The Morgan fingerprint density at radius 1 is 1.25 bits per heavy atom. The summed E-state index contributed by atoms with van der Waals surface area (Å²) in [5.74, 6) is 0.778. The molecular formula is C9H19N3. The number of nitrogens with one attached hydrogen (secondary N) is 1. The van der Waals surface area contributed by atoms with Crippen molar-refractivity contribution in [3.63, 3.8) is 0 Å². The van der Waals surface area contributed by atoms with Crippen LogP contribution in [0.25, 0.3) is 0 Å². The molecule has 1 fully saturated rings. The average Bonchev–Trinajstić information content (AvgIpc) is 2.05. The maximum absolute atomic E-state index is 7.80. The second-order valence-electron chi connectivity index (χ2n) is 3.73. The van der Waals surface area contributed by atoms with Gasteiger partial charge in [0.25, 0.3) is 0 Å². The van der Waals surface area contributed by atoms with Crippen LogP contribution in [-0.2, 0) is 0 Å². The van der Waals surface area contributed by atoms with Gasteiger partial charge in [-0.15, -0.1) is 0 Å². The number of likely N-dealkylation sites (N-methyl/N-ethyl adjacent to an activating group) is 1. The van der Waals surface area contributed by atoms with E-state index in [-0.39, 0.29) is 0 Å². The third-order valence-electron chi connectivity index (χ3n) is 2.20. The minimum absolute atomic E-state index is 0.778. The van der Waals surface area contributed by atoms with Crippen LogP contribution in [0.2, 0.25) is 0 Å². The van der Waals surface area contributed by atoms with Gasteiger partial charge in [-0.25, -0.2) is 0 Å². The first kappa shape index (κ1) is 9.52. The zero-order valence-electron chi connectivity index (χ0n) is 8.14. The van der Waals surface area contributed by atoms with E-state index in [9.17, 15) is 0 Å². The molecular weight excluding hydrogens is 150 g/mol. The molecule has 12 heavy (non-hydrogen) atoms. The maximum Gasteiger partial charge on any atom is 0.110 e. The zero-order chi connectivity index (χ0) is 8.97. The molecule has 1 rings (SSSR count). The lowest BCUT2D eigenvalue weighted by molar-refractivity contribution is 0.322. The third kappa shape index (κ3) is 2.81. The fourth-order valence-electron chi connectivity index (χ4n) is 1.56. The summed E-state index contributed by atoms with van der Waals surface area (Å²) in [4.78, 5) is 4.25. The highest BCUT2D eigenvalue weighted by molar-refractivity contribution is 5.81. The van der Waals surface area contributed by atoms with Crippen LogP contribution in [0.15, 0.2) is 0 Å². The van der Waals surface area contributed by atoms with Crippen LogP contribution in [0, 0.1) is 5.41 Å². The van der Waals surface area contributed by atoms with Gasteiger partial charge in [-0.1, -0.05) is 0 Å². The SMILES string of the molecule is CN(C)CC(=N)N1CCCCC1. The first-order chi connectivity index (χ1) is 5.70. The molecule has 0 radical (unpaired) electrons. The topological polar surface area (TPSA) is 30.3 Å². The highest BCUT2D eigenvalue weighted by Gasteiger charge is 2.13. The van der Waals surface area contributed by atoms with Crippen LogP contribution in [0.3, 0.4) is 0 Å². The molecule has 0 aromatic rings. The minimum Gasteiger partial charge on any atom is -0.359 e. The standard InChI is InChI=1S/C9H19N3/c1-11(2)8-9(10)12-6-4-3-5-7-12/h10H,3-8H2,1-2H3. The van der Waals surface area contributed by atoms with Crippen LogP contribution in [-0.4, -0.2) is 49.4 Å². The molecule has 0 spiro atoms. The van der Waals surface area contributed by atoms with E-state index in [2.05, 4.69) is 9.80 Å². The van der Waals surface area contributed by atoms with Gasteiger partial charge in [0.2, 0.25) is 0 Å². The lowest BCUT2D eigenvalue weighted by Gasteiger charge is -2.30. The molecule has 0 atom stereocenters. The fraction of sp³-hybridized carbons (Fsp3) is 0.889. The number of rotatable bonds is 2. The molecule has 0 amide bonds. The Balaban J connectivity index is 2.30. The fourth-order valence-corrected chi connectivity index (χ4v) is 1.56. The van der Waals surface area contributed by atoms with Gasteiger partial charge >= 0.3 is 0 Å². The van der Waals surface area contributed by atoms with Gasteiger partial charge in [0.15, 0.2) is 0 Å². The van der Waals surface area contributed by atoms with E-state index in [0.717, 1.165) is 25.5 Å². The summed E-state index contributed by atoms with van der Waals surface area (Å²) in [5, 5.41) is 7.80. The van der Waals surface area contributed by atoms with Crippen molar-refractivity contribution in [1.82, 2.24) is 9.80 Å². The van der Waals surface area contributed by atoms with E-state index in [0.29, 0.717) is 0 Å². The van der Waals surface area contributed by atoms with E-state index < -0.39 is 0 Å². The van der Waals surface area contributed by atoms with Crippen LogP contribution in [0.5, 0.6) is 0 Å². The van der Waals surface area contributed by atoms with Crippen molar-refractivity contribution < 1.29 is 0 Å². The zero-order valence-corrected chi connectivity index (χ0v) is 8.14. The molecule has 0 bridgehead atoms. The minimum atomic E-state index is 0.778. The molecule has 0 aliphatic carbocycles. The predicted octanol–water partition coefficient (Wildman–Crippen LogP) is 1.01. The number of hydrogen-bond donors (Lipinski definition) is 1. The van der Waals surface area contributed by atoms with Gasteiger partial charge in [0.1, 0.15) is 5.84 Å². The second-order valence-corrected chi connectivity index (χ2v) is 3.73. The quantitative estimate of drug-likeness (QED) is 0.494. The number of nitrogens with zero attached hydrogens (tertiary/aromatic N) is 2. The van der Waals surface area contributed by atoms with Gasteiger partial charge in [0.05, 0.1) is 6.54 Å². The van der Waals surface area contributed by atoms with Crippen LogP contribution < -0.4 is 0 Å². The maximum atomic E-state index is 7.80. The molecule has 0 aromatic heterocycles. The Morgan fingerprint density at radius 3 is 2.33 bits per heavy atom. The number of piperidine rings is 1. The Bertz CT molecular complexity index is 148. The van der Waals surface area contributed by atoms with E-state index in [1.807, 2.05) is 14.1 Å². The van der Waals surface area contributed by atoms with Crippen molar-refractivity contribution in [1.29, 1.82) is 5.41 Å². The van der Waals surface area contributed by atoms with Crippen molar-refractivity contribution in [2.75, 3.05) is 33.7 Å². The summed E-state index contributed by atoms with van der Waals surface area (Å²) in [6.07, 6.45) is 3.86. The monoisotopic (exact) mass is 169 g/mol. The van der Waals surface area contributed by atoms with Gasteiger partial charge < -0.3 is 9.80 Å². The van der Waals surface area contributed by atoms with Gasteiger partial charge in [-0.2, -0.15) is 0 Å². The molecule has 3 nitrogen and oxygen atoms in total. The second kappa shape index (κ2) is 4.45. The Hall–Kier alpha value is -0.570. The van der Waals surface area contributed by atoms with Crippen LogP contribution in [0.4, 0.5) is 0 Å². The van der Waals surface area contributed by atoms with Crippen LogP contribution >= 0.6 is 0 Å². The Morgan fingerprint density at radius 2 is 1.83 bits per heavy atom. The summed E-state index contributed by atoms with van der Waals surface area (Å²) in [7, 11) is 4.02.